The fourth-order valence-electron chi connectivity index (χ4n) is 3.33. The van der Waals surface area contributed by atoms with Gasteiger partial charge in [0, 0.05) is 40.3 Å². The van der Waals surface area contributed by atoms with Gasteiger partial charge < -0.3 is 21.6 Å². The molecule has 0 unspecified atom stereocenters. The molecule has 0 atom stereocenters. The number of pyridine rings is 1. The van der Waals surface area contributed by atoms with Crippen molar-refractivity contribution in [2.24, 2.45) is 0 Å². The third kappa shape index (κ3) is 7.86. The van der Waals surface area contributed by atoms with Gasteiger partial charge in [-0.3, -0.25) is 9.78 Å². The van der Waals surface area contributed by atoms with Crippen LogP contribution >= 0.6 is 11.8 Å². The maximum Gasteiger partial charge on any atom is 0.224 e. The van der Waals surface area contributed by atoms with E-state index in [4.69, 9.17) is 16.2 Å². The predicted molar refractivity (Wildman–Crippen MR) is 140 cm³/mol. The van der Waals surface area contributed by atoms with Gasteiger partial charge in [-0.25, -0.2) is 0 Å². The van der Waals surface area contributed by atoms with Gasteiger partial charge in [0.15, 0.2) is 0 Å². The summed E-state index contributed by atoms with van der Waals surface area (Å²) in [5.74, 6) is -0.0138. The van der Waals surface area contributed by atoms with Crippen LogP contribution in [0.1, 0.15) is 43.4 Å². The Bertz CT molecular complexity index is 1130. The molecule has 5 N–H and O–H groups in total. The van der Waals surface area contributed by atoms with E-state index >= 15 is 0 Å². The number of nitrogens with two attached hydrogens (primary N) is 1. The number of unbranched alkanes of at least 4 members (excludes halogenated alkanes) is 3. The van der Waals surface area contributed by atoms with Gasteiger partial charge >= 0.3 is 0 Å². The monoisotopic (exact) mass is 474 g/mol. The third-order valence-electron chi connectivity index (χ3n) is 5.12. The largest absolute Gasteiger partial charge is 0.398 e. The Labute approximate surface area is 204 Å². The van der Waals surface area contributed by atoms with Crippen LogP contribution in [0.4, 0.5) is 11.4 Å². The minimum atomic E-state index is -0.0138. The van der Waals surface area contributed by atoms with Crippen LogP contribution in [0.5, 0.6) is 0 Å². The molecule has 0 saturated heterocycles. The molecule has 1 aromatic heterocycles. The van der Waals surface area contributed by atoms with Crippen molar-refractivity contribution in [1.29, 1.82) is 5.41 Å². The van der Waals surface area contributed by atoms with Crippen LogP contribution in [-0.2, 0) is 4.79 Å². The number of nitrogens with one attached hydrogen (secondary N) is 2. The molecule has 2 aromatic carbocycles. The van der Waals surface area contributed by atoms with Gasteiger partial charge in [-0.2, -0.15) is 0 Å². The molecule has 176 valence electrons. The van der Waals surface area contributed by atoms with Crippen molar-refractivity contribution >= 4 is 40.8 Å². The lowest BCUT2D eigenvalue weighted by molar-refractivity contribution is -0.116. The molecule has 6 nitrogen and oxygen atoms in total. The highest BCUT2D eigenvalue weighted by atomic mass is 32.2. The van der Waals surface area contributed by atoms with Crippen molar-refractivity contribution in [2.75, 3.05) is 17.7 Å². The molecule has 0 bridgehead atoms. The normalized spacial score (nSPS) is 11.0. The summed E-state index contributed by atoms with van der Waals surface area (Å²) in [7, 11) is 0. The lowest BCUT2D eigenvalue weighted by Crippen LogP contribution is -2.11. The van der Waals surface area contributed by atoms with E-state index in [1.807, 2.05) is 60.7 Å². The first-order valence-electron chi connectivity index (χ1n) is 11.3. The lowest BCUT2D eigenvalue weighted by Gasteiger charge is -2.12. The van der Waals surface area contributed by atoms with Crippen molar-refractivity contribution in [3.8, 4) is 0 Å². The van der Waals surface area contributed by atoms with Gasteiger partial charge in [-0.1, -0.05) is 42.8 Å². The van der Waals surface area contributed by atoms with E-state index in [0.717, 1.165) is 46.9 Å². The van der Waals surface area contributed by atoms with Gasteiger partial charge in [0.2, 0.25) is 5.91 Å². The highest BCUT2D eigenvalue weighted by Crippen LogP contribution is 2.35. The Morgan fingerprint density at radius 1 is 1.06 bits per heavy atom. The lowest BCUT2D eigenvalue weighted by atomic mass is 10.1. The zero-order chi connectivity index (χ0) is 24.2. The van der Waals surface area contributed by atoms with Gasteiger partial charge in [-0.05, 0) is 67.5 Å². The molecule has 3 rings (SSSR count). The second-order valence-electron chi connectivity index (χ2n) is 7.78. The Kier molecular flexibility index (Phi) is 9.88. The van der Waals surface area contributed by atoms with Crippen molar-refractivity contribution in [1.82, 2.24) is 4.98 Å². The van der Waals surface area contributed by atoms with E-state index < -0.39 is 0 Å². The van der Waals surface area contributed by atoms with E-state index in [1.54, 1.807) is 18.3 Å². The number of aromatic nitrogens is 1. The summed E-state index contributed by atoms with van der Waals surface area (Å²) in [5, 5.41) is 20.2. The zero-order valence-corrected chi connectivity index (χ0v) is 19.9. The molecular formula is C27H30N4O2S. The number of amides is 1. The van der Waals surface area contributed by atoms with E-state index in [0.29, 0.717) is 23.4 Å². The van der Waals surface area contributed by atoms with Crippen LogP contribution in [0.2, 0.25) is 0 Å². The highest BCUT2D eigenvalue weighted by Gasteiger charge is 2.10. The molecule has 3 aromatic rings. The maximum atomic E-state index is 12.4. The van der Waals surface area contributed by atoms with Crippen LogP contribution in [-0.4, -0.2) is 28.3 Å². The van der Waals surface area contributed by atoms with Crippen LogP contribution in [0.3, 0.4) is 0 Å². The minimum Gasteiger partial charge on any atom is -0.398 e. The molecule has 34 heavy (non-hydrogen) atoms. The van der Waals surface area contributed by atoms with Crippen molar-refractivity contribution in [3.63, 3.8) is 0 Å². The second-order valence-corrected chi connectivity index (χ2v) is 8.90. The number of hydrogen-bond acceptors (Lipinski definition) is 6. The van der Waals surface area contributed by atoms with Gasteiger partial charge in [0.25, 0.3) is 0 Å². The van der Waals surface area contributed by atoms with Gasteiger partial charge in [0.1, 0.15) is 0 Å². The zero-order valence-electron chi connectivity index (χ0n) is 19.0. The number of aliphatic hydroxyl groups is 1. The first-order valence-corrected chi connectivity index (χ1v) is 12.1. The molecule has 0 aliphatic rings. The molecule has 0 aliphatic carbocycles. The number of nitrogens with zero attached hydrogens (tertiary/aromatic N) is 1. The summed E-state index contributed by atoms with van der Waals surface area (Å²) in [5.41, 5.74) is 9.29. The summed E-state index contributed by atoms with van der Waals surface area (Å²) in [6, 6.07) is 18.9. The Balaban J connectivity index is 1.62. The summed E-state index contributed by atoms with van der Waals surface area (Å²) in [6.45, 7) is 0.200. The molecular weight excluding hydrogens is 444 g/mol. The Morgan fingerprint density at radius 3 is 2.62 bits per heavy atom. The standard InChI is InChI=1S/C27H30N4O2S/c28-23(16-13-20-9-6-7-17-30-20)22-15-14-21(19-24(22)29)34-26-11-5-4-10-25(26)31-27(33)12-3-1-2-8-18-32/h4-7,9-11,13-17,19,28,32H,1-3,8,12,18,29H2,(H,31,33)/b16-13+,28-23?. The highest BCUT2D eigenvalue weighted by molar-refractivity contribution is 7.99. The fraction of sp³-hybridized carbons (Fsp3) is 0.222. The number of carbonyl (C=O) groups is 1. The second kappa shape index (κ2) is 13.3. The molecule has 0 fully saturated rings. The number of para-hydroxylation sites is 1. The number of anilines is 2. The summed E-state index contributed by atoms with van der Waals surface area (Å²) >= 11 is 1.51. The minimum absolute atomic E-state index is 0.0138. The summed E-state index contributed by atoms with van der Waals surface area (Å²) in [6.07, 6.45) is 9.10. The average Bonchev–Trinajstić information content (AvgIpc) is 2.84. The molecule has 0 aliphatic heterocycles. The smallest absolute Gasteiger partial charge is 0.224 e. The topological polar surface area (TPSA) is 112 Å². The number of aliphatic hydroxyl groups excluding tert-OH is 1. The predicted octanol–water partition coefficient (Wildman–Crippen LogP) is 5.78. The molecule has 1 heterocycles. The number of nitrogen functional groups attached to an aromatic ring is 1. The van der Waals surface area contributed by atoms with Crippen LogP contribution in [0.25, 0.3) is 6.08 Å². The average molecular weight is 475 g/mol. The number of hydrogen-bond donors (Lipinski definition) is 4. The fourth-order valence-corrected chi connectivity index (χ4v) is 4.28. The molecule has 7 heteroatoms. The van der Waals surface area contributed by atoms with Crippen molar-refractivity contribution in [3.05, 3.63) is 84.2 Å². The van der Waals surface area contributed by atoms with E-state index in [-0.39, 0.29) is 12.5 Å². The van der Waals surface area contributed by atoms with Crippen LogP contribution in [0, 0.1) is 5.41 Å². The molecule has 0 saturated carbocycles. The number of benzene rings is 2. The van der Waals surface area contributed by atoms with Crippen LogP contribution in [0.15, 0.2) is 82.7 Å². The van der Waals surface area contributed by atoms with Crippen molar-refractivity contribution < 1.29 is 9.90 Å². The first-order chi connectivity index (χ1) is 16.6. The van der Waals surface area contributed by atoms with Gasteiger partial charge in [-0.15, -0.1) is 0 Å². The van der Waals surface area contributed by atoms with Gasteiger partial charge in [0.05, 0.1) is 17.1 Å². The first kappa shape index (κ1) is 25.2. The van der Waals surface area contributed by atoms with E-state index in [2.05, 4.69) is 10.3 Å². The Morgan fingerprint density at radius 2 is 1.85 bits per heavy atom. The number of carbonyl (C=O) groups excluding carboxylic acids is 1. The summed E-state index contributed by atoms with van der Waals surface area (Å²) < 4.78 is 0. The quantitative estimate of drug-likeness (QED) is 0.151. The maximum absolute atomic E-state index is 12.4. The molecule has 0 radical (unpaired) electrons. The summed E-state index contributed by atoms with van der Waals surface area (Å²) in [4.78, 5) is 18.4. The molecule has 0 spiro atoms. The van der Waals surface area contributed by atoms with E-state index in [9.17, 15) is 4.79 Å². The SMILES string of the molecule is N=C(/C=C/c1ccccn1)c1ccc(Sc2ccccc2NC(=O)CCCCCCO)cc1N. The van der Waals surface area contributed by atoms with Crippen LogP contribution < -0.4 is 11.1 Å². The van der Waals surface area contributed by atoms with Crippen molar-refractivity contribution in [2.45, 2.75) is 41.9 Å². The number of rotatable bonds is 12. The third-order valence-corrected chi connectivity index (χ3v) is 6.19. The number of allylic oxidation sites excluding steroid dienone is 1. The Hall–Kier alpha value is -3.42. The molecule has 1 amide bonds. The van der Waals surface area contributed by atoms with E-state index in [1.165, 1.54) is 11.8 Å².